The molecule has 1 heterocycles. The van der Waals surface area contributed by atoms with Gasteiger partial charge in [0, 0.05) is 17.4 Å². The molecular formula is C27H25FN4O2. The van der Waals surface area contributed by atoms with E-state index in [2.05, 4.69) is 15.7 Å². The van der Waals surface area contributed by atoms with Crippen molar-refractivity contribution < 1.29 is 14.0 Å². The first kappa shape index (κ1) is 22.9. The number of halogens is 1. The number of aromatic nitrogens is 2. The largest absolute Gasteiger partial charge is 0.343 e. The molecule has 6 nitrogen and oxygen atoms in total. The van der Waals surface area contributed by atoms with Gasteiger partial charge in [0.2, 0.25) is 5.91 Å². The predicted molar refractivity (Wildman–Crippen MR) is 130 cm³/mol. The summed E-state index contributed by atoms with van der Waals surface area (Å²) in [6.45, 7) is 3.78. The minimum Gasteiger partial charge on any atom is -0.343 e. The van der Waals surface area contributed by atoms with Crippen LogP contribution in [0, 0.1) is 12.7 Å². The molecule has 34 heavy (non-hydrogen) atoms. The highest BCUT2D eigenvalue weighted by atomic mass is 19.1. The summed E-state index contributed by atoms with van der Waals surface area (Å²) in [5, 5.41) is 10.1. The van der Waals surface area contributed by atoms with Gasteiger partial charge in [0.1, 0.15) is 11.5 Å². The van der Waals surface area contributed by atoms with Crippen molar-refractivity contribution in [3.8, 4) is 16.9 Å². The number of hydrogen-bond donors (Lipinski definition) is 2. The Morgan fingerprint density at radius 3 is 2.50 bits per heavy atom. The van der Waals surface area contributed by atoms with Crippen molar-refractivity contribution >= 4 is 17.5 Å². The lowest BCUT2D eigenvalue weighted by Crippen LogP contribution is -2.33. The molecule has 0 saturated heterocycles. The first-order chi connectivity index (χ1) is 16.4. The summed E-state index contributed by atoms with van der Waals surface area (Å²) >= 11 is 0. The standard InChI is InChI=1S/C27H25FN4O2/c1-3-19-8-4-5-10-24(19)30-25(33)16-29-27(34)23-17-32(22-13-11-21(28)12-14-22)31-26(23)20-9-6-7-18(2)15-20/h4-15,17H,3,16H2,1-2H3,(H,29,34)(H,30,33). The Kier molecular flexibility index (Phi) is 6.82. The molecule has 0 aliphatic carbocycles. The van der Waals surface area contributed by atoms with E-state index in [0.29, 0.717) is 16.9 Å². The van der Waals surface area contributed by atoms with Gasteiger partial charge in [0.05, 0.1) is 17.8 Å². The normalized spacial score (nSPS) is 10.7. The molecule has 0 aliphatic heterocycles. The fraction of sp³-hybridized carbons (Fsp3) is 0.148. The number of benzene rings is 3. The molecule has 2 N–H and O–H groups in total. The molecular weight excluding hydrogens is 431 g/mol. The molecule has 7 heteroatoms. The number of carbonyl (C=O) groups excluding carboxylic acids is 2. The van der Waals surface area contributed by atoms with Crippen molar-refractivity contribution in [1.82, 2.24) is 15.1 Å². The van der Waals surface area contributed by atoms with Crippen LogP contribution in [0.2, 0.25) is 0 Å². The second-order valence-electron chi connectivity index (χ2n) is 7.92. The summed E-state index contributed by atoms with van der Waals surface area (Å²) in [7, 11) is 0. The van der Waals surface area contributed by atoms with Gasteiger partial charge in [-0.25, -0.2) is 9.07 Å². The molecule has 0 spiro atoms. The predicted octanol–water partition coefficient (Wildman–Crippen LogP) is 4.92. The lowest BCUT2D eigenvalue weighted by Gasteiger charge is -2.10. The maximum absolute atomic E-state index is 13.4. The molecule has 0 atom stereocenters. The van der Waals surface area contributed by atoms with Crippen LogP contribution in [0.1, 0.15) is 28.4 Å². The van der Waals surface area contributed by atoms with Gasteiger partial charge in [0.15, 0.2) is 0 Å². The average molecular weight is 457 g/mol. The highest BCUT2D eigenvalue weighted by Gasteiger charge is 2.19. The highest BCUT2D eigenvalue weighted by Crippen LogP contribution is 2.25. The molecule has 0 unspecified atom stereocenters. The Bertz CT molecular complexity index is 1330. The number of anilines is 1. The minimum absolute atomic E-state index is 0.189. The van der Waals surface area contributed by atoms with Crippen molar-refractivity contribution in [2.45, 2.75) is 20.3 Å². The number of carbonyl (C=O) groups is 2. The monoisotopic (exact) mass is 456 g/mol. The highest BCUT2D eigenvalue weighted by molar-refractivity contribution is 6.03. The summed E-state index contributed by atoms with van der Waals surface area (Å²) in [5.74, 6) is -1.11. The Morgan fingerprint density at radius 2 is 1.76 bits per heavy atom. The Morgan fingerprint density at radius 1 is 1.00 bits per heavy atom. The Balaban J connectivity index is 1.57. The summed E-state index contributed by atoms with van der Waals surface area (Å²) in [5.41, 5.74) is 4.95. The molecule has 0 saturated carbocycles. The van der Waals surface area contributed by atoms with Crippen molar-refractivity contribution in [3.63, 3.8) is 0 Å². The number of amides is 2. The topological polar surface area (TPSA) is 76.0 Å². The zero-order valence-electron chi connectivity index (χ0n) is 19.0. The van der Waals surface area contributed by atoms with E-state index < -0.39 is 5.91 Å². The number of aryl methyl sites for hydroxylation is 2. The van der Waals surface area contributed by atoms with E-state index in [9.17, 15) is 14.0 Å². The lowest BCUT2D eigenvalue weighted by atomic mass is 10.1. The van der Waals surface area contributed by atoms with Gasteiger partial charge in [-0.05, 0) is 55.3 Å². The molecule has 172 valence electrons. The third-order valence-electron chi connectivity index (χ3n) is 5.42. The van der Waals surface area contributed by atoms with Crippen molar-refractivity contribution in [2.24, 2.45) is 0 Å². The van der Waals surface area contributed by atoms with Crippen LogP contribution in [-0.4, -0.2) is 28.1 Å². The van der Waals surface area contributed by atoms with Gasteiger partial charge in [-0.2, -0.15) is 5.10 Å². The van der Waals surface area contributed by atoms with E-state index in [1.54, 1.807) is 18.3 Å². The first-order valence-electron chi connectivity index (χ1n) is 11.0. The Hall–Kier alpha value is -4.26. The molecule has 4 aromatic rings. The average Bonchev–Trinajstić information content (AvgIpc) is 3.29. The molecule has 0 radical (unpaired) electrons. The van der Waals surface area contributed by atoms with Crippen LogP contribution in [0.3, 0.4) is 0 Å². The number of para-hydroxylation sites is 1. The maximum Gasteiger partial charge on any atom is 0.255 e. The molecule has 1 aromatic heterocycles. The van der Waals surface area contributed by atoms with Crippen molar-refractivity contribution in [3.05, 3.63) is 102 Å². The number of nitrogens with one attached hydrogen (secondary N) is 2. The van der Waals surface area contributed by atoms with Crippen LogP contribution in [0.15, 0.2) is 79.0 Å². The van der Waals surface area contributed by atoms with E-state index >= 15 is 0 Å². The fourth-order valence-electron chi connectivity index (χ4n) is 3.67. The molecule has 0 bridgehead atoms. The van der Waals surface area contributed by atoms with Gasteiger partial charge < -0.3 is 10.6 Å². The van der Waals surface area contributed by atoms with Gasteiger partial charge in [0.25, 0.3) is 5.91 Å². The second kappa shape index (κ2) is 10.1. The van der Waals surface area contributed by atoms with Crippen LogP contribution in [0.4, 0.5) is 10.1 Å². The quantitative estimate of drug-likeness (QED) is 0.415. The molecule has 0 aliphatic rings. The fourth-order valence-corrected chi connectivity index (χ4v) is 3.67. The summed E-state index contributed by atoms with van der Waals surface area (Å²) in [6.07, 6.45) is 2.37. The zero-order chi connectivity index (χ0) is 24.1. The van der Waals surface area contributed by atoms with Crippen molar-refractivity contribution in [2.75, 3.05) is 11.9 Å². The van der Waals surface area contributed by atoms with Crippen molar-refractivity contribution in [1.29, 1.82) is 0 Å². The number of nitrogens with zero attached hydrogens (tertiary/aromatic N) is 2. The number of rotatable bonds is 7. The van der Waals surface area contributed by atoms with E-state index in [0.717, 1.165) is 28.8 Å². The van der Waals surface area contributed by atoms with Crippen LogP contribution in [0.5, 0.6) is 0 Å². The van der Waals surface area contributed by atoms with Gasteiger partial charge in [-0.15, -0.1) is 0 Å². The van der Waals surface area contributed by atoms with Crippen LogP contribution >= 0.6 is 0 Å². The van der Waals surface area contributed by atoms with Crippen LogP contribution < -0.4 is 10.6 Å². The third kappa shape index (κ3) is 5.20. The molecule has 2 amide bonds. The van der Waals surface area contributed by atoms with E-state index in [1.165, 1.54) is 16.8 Å². The third-order valence-corrected chi connectivity index (χ3v) is 5.42. The minimum atomic E-state index is -0.427. The zero-order valence-corrected chi connectivity index (χ0v) is 19.0. The first-order valence-corrected chi connectivity index (χ1v) is 11.0. The van der Waals surface area contributed by atoms with Gasteiger partial charge >= 0.3 is 0 Å². The van der Waals surface area contributed by atoms with E-state index in [4.69, 9.17) is 0 Å². The maximum atomic E-state index is 13.4. The van der Waals surface area contributed by atoms with Crippen LogP contribution in [0.25, 0.3) is 16.9 Å². The van der Waals surface area contributed by atoms with Crippen LogP contribution in [-0.2, 0) is 11.2 Å². The second-order valence-corrected chi connectivity index (χ2v) is 7.92. The summed E-state index contributed by atoms with van der Waals surface area (Å²) in [4.78, 5) is 25.6. The van der Waals surface area contributed by atoms with Gasteiger partial charge in [-0.1, -0.05) is 48.9 Å². The molecule has 3 aromatic carbocycles. The molecule has 4 rings (SSSR count). The SMILES string of the molecule is CCc1ccccc1NC(=O)CNC(=O)c1cn(-c2ccc(F)cc2)nc1-c1cccc(C)c1. The lowest BCUT2D eigenvalue weighted by molar-refractivity contribution is -0.115. The van der Waals surface area contributed by atoms with Gasteiger partial charge in [-0.3, -0.25) is 9.59 Å². The summed E-state index contributed by atoms with van der Waals surface area (Å²) in [6, 6.07) is 21.0. The van der Waals surface area contributed by atoms with E-state index in [-0.39, 0.29) is 18.3 Å². The Labute approximate surface area is 197 Å². The van der Waals surface area contributed by atoms with E-state index in [1.807, 2.05) is 62.4 Å². The summed E-state index contributed by atoms with van der Waals surface area (Å²) < 4.78 is 14.9. The molecule has 0 fully saturated rings. The smallest absolute Gasteiger partial charge is 0.255 e. The number of hydrogen-bond acceptors (Lipinski definition) is 3.